The zero-order valence-electron chi connectivity index (χ0n) is 26.9. The second kappa shape index (κ2) is 14.9. The summed E-state index contributed by atoms with van der Waals surface area (Å²) in [5.41, 5.74) is 2.87. The van der Waals surface area contributed by atoms with E-state index in [4.69, 9.17) is 14.2 Å². The minimum absolute atomic E-state index is 0.0231. The third-order valence-electron chi connectivity index (χ3n) is 9.07. The van der Waals surface area contributed by atoms with Crippen LogP contribution in [0.25, 0.3) is 0 Å². The summed E-state index contributed by atoms with van der Waals surface area (Å²) in [7, 11) is 0. The maximum Gasteiger partial charge on any atom is 0.411 e. The Labute approximate surface area is 267 Å². The molecule has 244 valence electrons. The van der Waals surface area contributed by atoms with Gasteiger partial charge in [-0.2, -0.15) is 0 Å². The molecule has 2 saturated heterocycles. The Morgan fingerprint density at radius 1 is 1.04 bits per heavy atom. The van der Waals surface area contributed by atoms with Crippen molar-refractivity contribution >= 4 is 17.7 Å². The van der Waals surface area contributed by atoms with Crippen LogP contribution >= 0.6 is 0 Å². The van der Waals surface area contributed by atoms with Crippen molar-refractivity contribution in [3.8, 4) is 0 Å². The minimum atomic E-state index is -0.689. The highest BCUT2D eigenvalue weighted by Crippen LogP contribution is 2.42. The molecule has 3 aliphatic rings. The van der Waals surface area contributed by atoms with Crippen LogP contribution in [0.15, 0.2) is 61.2 Å². The Morgan fingerprint density at radius 3 is 2.56 bits per heavy atom. The van der Waals surface area contributed by atoms with Gasteiger partial charge in [-0.25, -0.2) is 4.79 Å². The normalized spacial score (nSPS) is 27.2. The van der Waals surface area contributed by atoms with Gasteiger partial charge in [-0.3, -0.25) is 15.0 Å². The van der Waals surface area contributed by atoms with Gasteiger partial charge < -0.3 is 24.6 Å². The van der Waals surface area contributed by atoms with E-state index in [1.54, 1.807) is 6.07 Å². The molecule has 2 aromatic rings. The van der Waals surface area contributed by atoms with Gasteiger partial charge in [0.25, 0.3) is 0 Å². The number of nitrogens with one attached hydrogen (secondary N) is 2. The lowest BCUT2D eigenvalue weighted by molar-refractivity contribution is -0.255. The molecule has 2 aromatic carbocycles. The van der Waals surface area contributed by atoms with E-state index in [1.165, 1.54) is 25.3 Å². The van der Waals surface area contributed by atoms with Crippen molar-refractivity contribution in [2.24, 2.45) is 5.92 Å². The molecule has 2 amide bonds. The van der Waals surface area contributed by atoms with Gasteiger partial charge in [-0.05, 0) is 75.6 Å². The molecule has 0 aromatic heterocycles. The fourth-order valence-electron chi connectivity index (χ4n) is 7.05. The van der Waals surface area contributed by atoms with Crippen LogP contribution in [-0.4, -0.2) is 58.9 Å². The van der Waals surface area contributed by atoms with E-state index in [0.717, 1.165) is 36.0 Å². The largest absolute Gasteiger partial charge is 0.445 e. The lowest BCUT2D eigenvalue weighted by Crippen LogP contribution is -2.61. The first-order valence-electron chi connectivity index (χ1n) is 16.4. The quantitative estimate of drug-likeness (QED) is 0.279. The predicted molar refractivity (Wildman–Crippen MR) is 173 cm³/mol. The number of carbonyl (C=O) groups is 2. The highest BCUT2D eigenvalue weighted by Gasteiger charge is 2.44. The van der Waals surface area contributed by atoms with Crippen molar-refractivity contribution in [2.45, 2.75) is 108 Å². The van der Waals surface area contributed by atoms with Crippen LogP contribution < -0.4 is 10.6 Å². The first kappa shape index (κ1) is 33.1. The lowest BCUT2D eigenvalue weighted by Gasteiger charge is -2.50. The van der Waals surface area contributed by atoms with E-state index in [-0.39, 0.29) is 42.9 Å². The highest BCUT2D eigenvalue weighted by atomic mass is 16.7. The number of aliphatic hydroxyl groups is 1. The van der Waals surface area contributed by atoms with Crippen LogP contribution in [0.5, 0.6) is 0 Å². The van der Waals surface area contributed by atoms with Gasteiger partial charge in [-0.1, -0.05) is 61.9 Å². The van der Waals surface area contributed by atoms with Crippen LogP contribution in [-0.2, 0) is 25.6 Å². The molecule has 0 spiro atoms. The summed E-state index contributed by atoms with van der Waals surface area (Å²) in [6, 6.07) is 15.4. The van der Waals surface area contributed by atoms with Crippen molar-refractivity contribution in [2.75, 3.05) is 18.5 Å². The molecule has 5 rings (SSSR count). The summed E-state index contributed by atoms with van der Waals surface area (Å²) in [5, 5.41) is 15.6. The Morgan fingerprint density at radius 2 is 1.82 bits per heavy atom. The molecule has 9 nitrogen and oxygen atoms in total. The van der Waals surface area contributed by atoms with Crippen LogP contribution in [0, 0.1) is 5.92 Å². The molecule has 1 aliphatic carbocycles. The Balaban J connectivity index is 1.41. The lowest BCUT2D eigenvalue weighted by atomic mass is 9.75. The molecular formula is C36H49N3O6. The highest BCUT2D eigenvalue weighted by molar-refractivity contribution is 5.84. The molecule has 3 fully saturated rings. The Kier molecular flexibility index (Phi) is 11.0. The molecule has 6 unspecified atom stereocenters. The third kappa shape index (κ3) is 8.73. The van der Waals surface area contributed by atoms with E-state index in [1.807, 2.05) is 63.2 Å². The van der Waals surface area contributed by atoms with E-state index in [2.05, 4.69) is 22.1 Å². The number of nitrogens with zero attached hydrogens (tertiary/aromatic N) is 1. The smallest absolute Gasteiger partial charge is 0.411 e. The van der Waals surface area contributed by atoms with E-state index in [9.17, 15) is 14.7 Å². The average molecular weight is 620 g/mol. The number of ether oxygens (including phenoxy) is 3. The summed E-state index contributed by atoms with van der Waals surface area (Å²) in [6.07, 6.45) is 7.08. The molecule has 2 aliphatic heterocycles. The summed E-state index contributed by atoms with van der Waals surface area (Å²) in [6.45, 7) is 10.4. The molecule has 1 saturated carbocycles. The second-order valence-electron chi connectivity index (χ2n) is 13.6. The number of likely N-dealkylation sites (tertiary alicyclic amines) is 1. The number of amides is 2. The number of piperidine rings is 1. The molecule has 45 heavy (non-hydrogen) atoms. The Bertz CT molecular complexity index is 1310. The van der Waals surface area contributed by atoms with Gasteiger partial charge in [0, 0.05) is 35.8 Å². The van der Waals surface area contributed by atoms with Crippen molar-refractivity contribution in [1.29, 1.82) is 0 Å². The Hall–Kier alpha value is -3.24. The number of rotatable bonds is 9. The number of anilines is 1. The van der Waals surface area contributed by atoms with Crippen molar-refractivity contribution in [3.05, 3.63) is 77.9 Å². The fraction of sp³-hybridized carbons (Fsp3) is 0.556. The summed E-state index contributed by atoms with van der Waals surface area (Å²) in [5.74, 6) is 0.687. The maximum absolute atomic E-state index is 13.7. The van der Waals surface area contributed by atoms with E-state index >= 15 is 0 Å². The number of hydrogen-bond donors (Lipinski definition) is 3. The average Bonchev–Trinajstić information content (AvgIpc) is 3.03. The third-order valence-corrected chi connectivity index (χ3v) is 9.07. The number of hydrogen-bond acceptors (Lipinski definition) is 7. The van der Waals surface area contributed by atoms with Gasteiger partial charge >= 0.3 is 6.09 Å². The summed E-state index contributed by atoms with van der Waals surface area (Å²) >= 11 is 0. The van der Waals surface area contributed by atoms with Gasteiger partial charge in [0.15, 0.2) is 6.29 Å². The zero-order valence-corrected chi connectivity index (χ0v) is 26.9. The SMILES string of the molecule is C=CCOC(=O)Nc1cccc(C2OC(CN3C(C(=O)NC(C)(C)C)CCC4CCCCC43)CC(c3ccc(CO)cc3)O2)c1. The first-order chi connectivity index (χ1) is 21.6. The standard InChI is InChI=1S/C36H49N3O6/c1-5-19-43-35(42)37-28-11-8-10-27(20-28)34-44-29(21-32(45-34)26-15-13-24(23-40)14-16-26)22-39-30-12-7-6-9-25(30)17-18-31(39)33(41)38-36(2,3)4/h5,8,10-11,13-16,20,25,29-32,34,40H,1,6-7,9,12,17-19,21-23H2,2-4H3,(H,37,42)(H,38,41). The van der Waals surface area contributed by atoms with Gasteiger partial charge in [0.2, 0.25) is 5.91 Å². The van der Waals surface area contributed by atoms with Gasteiger partial charge in [0.1, 0.15) is 6.61 Å². The van der Waals surface area contributed by atoms with Crippen LogP contribution in [0.4, 0.5) is 10.5 Å². The van der Waals surface area contributed by atoms with E-state index < -0.39 is 12.4 Å². The maximum atomic E-state index is 13.7. The summed E-state index contributed by atoms with van der Waals surface area (Å²) in [4.78, 5) is 28.3. The molecule has 9 heteroatoms. The van der Waals surface area contributed by atoms with Gasteiger partial charge in [0.05, 0.1) is 24.9 Å². The molecule has 0 bridgehead atoms. The number of aliphatic hydroxyl groups excluding tert-OH is 1. The fourth-order valence-corrected chi connectivity index (χ4v) is 7.05. The van der Waals surface area contributed by atoms with E-state index in [0.29, 0.717) is 30.6 Å². The van der Waals surface area contributed by atoms with Gasteiger partial charge in [-0.15, -0.1) is 0 Å². The number of carbonyl (C=O) groups excluding carboxylic acids is 2. The van der Waals surface area contributed by atoms with Crippen molar-refractivity contribution in [3.63, 3.8) is 0 Å². The van der Waals surface area contributed by atoms with Crippen molar-refractivity contribution < 1.29 is 28.9 Å². The second-order valence-corrected chi connectivity index (χ2v) is 13.6. The van der Waals surface area contributed by atoms with Crippen molar-refractivity contribution in [1.82, 2.24) is 10.2 Å². The molecule has 2 heterocycles. The number of fused-ring (bicyclic) bond motifs is 1. The topological polar surface area (TPSA) is 109 Å². The molecular weight excluding hydrogens is 570 g/mol. The molecule has 6 atom stereocenters. The summed E-state index contributed by atoms with van der Waals surface area (Å²) < 4.78 is 18.4. The number of benzene rings is 2. The molecule has 0 radical (unpaired) electrons. The predicted octanol–water partition coefficient (Wildman–Crippen LogP) is 6.40. The van der Waals surface area contributed by atoms with Crippen LogP contribution in [0.1, 0.15) is 94.8 Å². The monoisotopic (exact) mass is 619 g/mol. The van der Waals surface area contributed by atoms with Crippen LogP contribution in [0.2, 0.25) is 0 Å². The van der Waals surface area contributed by atoms with Crippen LogP contribution in [0.3, 0.4) is 0 Å². The molecule has 3 N–H and O–H groups in total. The zero-order chi connectivity index (χ0) is 32.0. The first-order valence-corrected chi connectivity index (χ1v) is 16.4. The minimum Gasteiger partial charge on any atom is -0.445 e.